The fourth-order valence-electron chi connectivity index (χ4n) is 2.75. The van der Waals surface area contributed by atoms with Gasteiger partial charge in [-0.05, 0) is 12.8 Å². The molecule has 20 heavy (non-hydrogen) atoms. The Balaban J connectivity index is 2.02. The molecular formula is C13H11F3N2O2. The van der Waals surface area contributed by atoms with Crippen LogP contribution in [-0.2, 0) is 9.59 Å². The topological polar surface area (TPSA) is 40.6 Å². The van der Waals surface area contributed by atoms with Crippen molar-refractivity contribution in [1.82, 2.24) is 4.90 Å². The highest BCUT2D eigenvalue weighted by atomic mass is 19.2. The maximum atomic E-state index is 13.7. The van der Waals surface area contributed by atoms with Crippen molar-refractivity contribution < 1.29 is 22.8 Å². The molecule has 2 heterocycles. The van der Waals surface area contributed by atoms with Gasteiger partial charge >= 0.3 is 0 Å². The van der Waals surface area contributed by atoms with E-state index in [2.05, 4.69) is 0 Å². The van der Waals surface area contributed by atoms with Crippen molar-refractivity contribution in [2.75, 3.05) is 18.0 Å². The molecule has 1 atom stereocenters. The maximum Gasteiger partial charge on any atom is 0.250 e. The largest absolute Gasteiger partial charge is 0.329 e. The second-order valence-corrected chi connectivity index (χ2v) is 4.89. The van der Waals surface area contributed by atoms with Gasteiger partial charge in [-0.15, -0.1) is 0 Å². The van der Waals surface area contributed by atoms with Crippen LogP contribution in [0.15, 0.2) is 12.1 Å². The zero-order valence-corrected chi connectivity index (χ0v) is 10.4. The van der Waals surface area contributed by atoms with Crippen LogP contribution in [0, 0.1) is 17.5 Å². The van der Waals surface area contributed by atoms with Crippen molar-refractivity contribution in [3.8, 4) is 0 Å². The van der Waals surface area contributed by atoms with E-state index in [0.29, 0.717) is 25.5 Å². The number of halogens is 3. The van der Waals surface area contributed by atoms with Gasteiger partial charge in [0.1, 0.15) is 18.4 Å². The van der Waals surface area contributed by atoms with E-state index in [9.17, 15) is 22.8 Å². The monoisotopic (exact) mass is 284 g/mol. The van der Waals surface area contributed by atoms with E-state index in [1.165, 1.54) is 4.90 Å². The van der Waals surface area contributed by atoms with Crippen molar-refractivity contribution in [1.29, 1.82) is 0 Å². The fraction of sp³-hybridized carbons (Fsp3) is 0.385. The van der Waals surface area contributed by atoms with Crippen molar-refractivity contribution in [3.63, 3.8) is 0 Å². The van der Waals surface area contributed by atoms with E-state index in [4.69, 9.17) is 0 Å². The first kappa shape index (κ1) is 13.0. The van der Waals surface area contributed by atoms with Crippen LogP contribution >= 0.6 is 0 Å². The molecule has 0 N–H and O–H groups in total. The lowest BCUT2D eigenvalue weighted by Crippen LogP contribution is -2.57. The molecule has 2 aliphatic heterocycles. The van der Waals surface area contributed by atoms with E-state index in [-0.39, 0.29) is 5.91 Å². The molecule has 0 radical (unpaired) electrons. The number of hydrogen-bond donors (Lipinski definition) is 0. The normalized spacial score (nSPS) is 22.4. The first-order chi connectivity index (χ1) is 9.49. The number of benzene rings is 1. The van der Waals surface area contributed by atoms with E-state index in [1.54, 1.807) is 0 Å². The lowest BCUT2D eigenvalue weighted by atomic mass is 10.1. The van der Waals surface area contributed by atoms with Crippen molar-refractivity contribution >= 4 is 17.5 Å². The molecule has 2 aliphatic rings. The molecule has 2 saturated heterocycles. The van der Waals surface area contributed by atoms with Crippen LogP contribution in [0.5, 0.6) is 0 Å². The standard InChI is InChI=1S/C13H11F3N2O2/c14-7-4-8(15)12(16)10(5-7)18-6-11(19)17-3-1-2-9(17)13(18)20/h4-5,9H,1-3,6H2. The molecule has 0 aromatic heterocycles. The number of rotatable bonds is 1. The molecule has 0 aliphatic carbocycles. The molecule has 0 bridgehead atoms. The third-order valence-electron chi connectivity index (χ3n) is 3.68. The van der Waals surface area contributed by atoms with Crippen LogP contribution in [0.4, 0.5) is 18.9 Å². The molecule has 4 nitrogen and oxygen atoms in total. The van der Waals surface area contributed by atoms with Gasteiger partial charge in [-0.2, -0.15) is 0 Å². The minimum atomic E-state index is -1.38. The summed E-state index contributed by atoms with van der Waals surface area (Å²) in [6.07, 6.45) is 1.18. The van der Waals surface area contributed by atoms with E-state index < -0.39 is 41.6 Å². The van der Waals surface area contributed by atoms with E-state index in [0.717, 1.165) is 11.0 Å². The summed E-state index contributed by atoms with van der Waals surface area (Å²) in [5.41, 5.74) is -0.521. The number of carbonyl (C=O) groups excluding carboxylic acids is 2. The Morgan fingerprint density at radius 2 is 1.90 bits per heavy atom. The van der Waals surface area contributed by atoms with Crippen molar-refractivity contribution in [2.45, 2.75) is 18.9 Å². The van der Waals surface area contributed by atoms with Gasteiger partial charge in [0, 0.05) is 18.7 Å². The van der Waals surface area contributed by atoms with Gasteiger partial charge in [0.2, 0.25) is 11.8 Å². The van der Waals surface area contributed by atoms with Crippen LogP contribution in [0.2, 0.25) is 0 Å². The number of carbonyl (C=O) groups is 2. The van der Waals surface area contributed by atoms with E-state index >= 15 is 0 Å². The highest BCUT2D eigenvalue weighted by Crippen LogP contribution is 2.30. The molecule has 7 heteroatoms. The molecule has 1 unspecified atom stereocenters. The molecule has 106 valence electrons. The van der Waals surface area contributed by atoms with Crippen LogP contribution in [0.3, 0.4) is 0 Å². The van der Waals surface area contributed by atoms with Gasteiger partial charge < -0.3 is 4.90 Å². The van der Waals surface area contributed by atoms with Crippen molar-refractivity contribution in [3.05, 3.63) is 29.6 Å². The first-order valence-electron chi connectivity index (χ1n) is 6.24. The summed E-state index contributed by atoms with van der Waals surface area (Å²) in [4.78, 5) is 26.4. The maximum absolute atomic E-state index is 13.7. The second-order valence-electron chi connectivity index (χ2n) is 4.89. The predicted molar refractivity (Wildman–Crippen MR) is 63.4 cm³/mol. The zero-order valence-electron chi connectivity index (χ0n) is 10.4. The fourth-order valence-corrected chi connectivity index (χ4v) is 2.75. The summed E-state index contributed by atoms with van der Waals surface area (Å²) < 4.78 is 40.2. The third-order valence-corrected chi connectivity index (χ3v) is 3.68. The second kappa shape index (κ2) is 4.50. The Morgan fingerprint density at radius 3 is 2.65 bits per heavy atom. The summed E-state index contributed by atoms with van der Waals surface area (Å²) in [7, 11) is 0. The van der Waals surface area contributed by atoms with Crippen LogP contribution < -0.4 is 4.90 Å². The Morgan fingerprint density at radius 1 is 1.15 bits per heavy atom. The van der Waals surface area contributed by atoms with Crippen LogP contribution in [0.1, 0.15) is 12.8 Å². The number of anilines is 1. The third kappa shape index (κ3) is 1.85. The summed E-state index contributed by atoms with van der Waals surface area (Å²) in [5, 5.41) is 0. The highest BCUT2D eigenvalue weighted by molar-refractivity contribution is 6.06. The summed E-state index contributed by atoms with van der Waals surface area (Å²) >= 11 is 0. The first-order valence-corrected chi connectivity index (χ1v) is 6.24. The minimum Gasteiger partial charge on any atom is -0.329 e. The molecular weight excluding hydrogens is 273 g/mol. The Hall–Kier alpha value is -2.05. The van der Waals surface area contributed by atoms with Gasteiger partial charge in [-0.3, -0.25) is 14.5 Å². The smallest absolute Gasteiger partial charge is 0.250 e. The number of fused-ring (bicyclic) bond motifs is 1. The number of piperazine rings is 1. The predicted octanol–water partition coefficient (Wildman–Crippen LogP) is 1.44. The lowest BCUT2D eigenvalue weighted by Gasteiger charge is -2.36. The van der Waals surface area contributed by atoms with E-state index in [1.807, 2.05) is 0 Å². The SMILES string of the molecule is O=C1C2CCCN2C(=O)CN1c1cc(F)cc(F)c1F. The Bertz CT molecular complexity index is 606. The van der Waals surface area contributed by atoms with Gasteiger partial charge in [-0.25, -0.2) is 13.2 Å². The summed E-state index contributed by atoms with van der Waals surface area (Å²) in [6.45, 7) is 0.0955. The van der Waals surface area contributed by atoms with Gasteiger partial charge in [0.15, 0.2) is 11.6 Å². The molecule has 3 rings (SSSR count). The number of nitrogens with zero attached hydrogens (tertiary/aromatic N) is 2. The summed E-state index contributed by atoms with van der Waals surface area (Å²) in [5.74, 6) is -4.52. The average molecular weight is 284 g/mol. The van der Waals surface area contributed by atoms with Gasteiger partial charge in [0.05, 0.1) is 5.69 Å². The minimum absolute atomic E-state index is 0.337. The Labute approximate surface area is 112 Å². The quantitative estimate of drug-likeness (QED) is 0.732. The van der Waals surface area contributed by atoms with Gasteiger partial charge in [-0.1, -0.05) is 0 Å². The zero-order chi connectivity index (χ0) is 14.4. The van der Waals surface area contributed by atoms with Crippen LogP contribution in [0.25, 0.3) is 0 Å². The molecule has 2 amide bonds. The lowest BCUT2D eigenvalue weighted by molar-refractivity contribution is -0.140. The van der Waals surface area contributed by atoms with Crippen molar-refractivity contribution in [2.24, 2.45) is 0 Å². The number of amides is 2. The summed E-state index contributed by atoms with van der Waals surface area (Å²) in [6, 6.07) is 0.479. The van der Waals surface area contributed by atoms with Gasteiger partial charge in [0.25, 0.3) is 0 Å². The highest BCUT2D eigenvalue weighted by Gasteiger charge is 2.43. The number of hydrogen-bond acceptors (Lipinski definition) is 2. The average Bonchev–Trinajstić information content (AvgIpc) is 2.88. The molecule has 1 aromatic rings. The molecule has 0 spiro atoms. The van der Waals surface area contributed by atoms with Crippen LogP contribution in [-0.4, -0.2) is 35.8 Å². The molecule has 1 aromatic carbocycles. The Kier molecular flexibility index (Phi) is 2.92. The molecule has 2 fully saturated rings. The molecule has 0 saturated carbocycles.